The number of benzene rings is 1. The van der Waals surface area contributed by atoms with Crippen molar-refractivity contribution < 1.29 is 4.79 Å². The first-order valence-corrected chi connectivity index (χ1v) is 7.67. The number of nitrogens with one attached hydrogen (secondary N) is 1. The molecule has 0 saturated heterocycles. The molecule has 102 valence electrons. The van der Waals surface area contributed by atoms with Crippen LogP contribution in [0.2, 0.25) is 0 Å². The summed E-state index contributed by atoms with van der Waals surface area (Å²) in [7, 11) is 0. The molecule has 2 aliphatic carbocycles. The molecule has 0 radical (unpaired) electrons. The number of halogens is 1. The smallest absolute Gasteiger partial charge is 0.227 e. The zero-order valence-electron chi connectivity index (χ0n) is 11.1. The highest BCUT2D eigenvalue weighted by molar-refractivity contribution is 6.20. The third-order valence-corrected chi connectivity index (χ3v) is 4.85. The van der Waals surface area contributed by atoms with Crippen molar-refractivity contribution in [2.24, 2.45) is 5.92 Å². The van der Waals surface area contributed by atoms with Crippen molar-refractivity contribution in [2.75, 3.05) is 6.54 Å². The molecule has 1 N–H and O–H groups in total. The fraction of sp³-hybridized carbons (Fsp3) is 0.562. The van der Waals surface area contributed by atoms with Crippen LogP contribution in [-0.4, -0.2) is 17.8 Å². The molecule has 1 aromatic carbocycles. The van der Waals surface area contributed by atoms with E-state index in [0.29, 0.717) is 11.3 Å². The van der Waals surface area contributed by atoms with Crippen molar-refractivity contribution in [2.45, 2.75) is 43.4 Å². The van der Waals surface area contributed by atoms with E-state index in [-0.39, 0.29) is 11.8 Å². The van der Waals surface area contributed by atoms with Crippen LogP contribution in [0.15, 0.2) is 24.3 Å². The van der Waals surface area contributed by atoms with Gasteiger partial charge in [-0.3, -0.25) is 4.79 Å². The van der Waals surface area contributed by atoms with Crippen molar-refractivity contribution in [3.8, 4) is 0 Å². The van der Waals surface area contributed by atoms with Gasteiger partial charge in [-0.05, 0) is 42.7 Å². The minimum Gasteiger partial charge on any atom is -0.355 e. The maximum Gasteiger partial charge on any atom is 0.227 e. The lowest BCUT2D eigenvalue weighted by Crippen LogP contribution is -2.38. The predicted molar refractivity (Wildman–Crippen MR) is 77.5 cm³/mol. The zero-order chi connectivity index (χ0) is 13.2. The molecule has 2 aliphatic rings. The first kappa shape index (κ1) is 13.0. The molecule has 0 spiro atoms. The Bertz CT molecular complexity index is 474. The molecule has 1 aromatic rings. The van der Waals surface area contributed by atoms with E-state index < -0.39 is 0 Å². The van der Waals surface area contributed by atoms with Crippen molar-refractivity contribution in [3.63, 3.8) is 0 Å². The summed E-state index contributed by atoms with van der Waals surface area (Å²) < 4.78 is 0. The summed E-state index contributed by atoms with van der Waals surface area (Å²) in [6.45, 7) is 0.792. The Morgan fingerprint density at radius 1 is 1.32 bits per heavy atom. The van der Waals surface area contributed by atoms with Gasteiger partial charge in [-0.2, -0.15) is 0 Å². The summed E-state index contributed by atoms with van der Waals surface area (Å²) >= 11 is 6.18. The van der Waals surface area contributed by atoms with Gasteiger partial charge in [0.15, 0.2) is 0 Å². The van der Waals surface area contributed by atoms with E-state index in [4.69, 9.17) is 11.6 Å². The van der Waals surface area contributed by atoms with Crippen LogP contribution < -0.4 is 5.32 Å². The molecule has 0 bridgehead atoms. The normalized spacial score (nSPS) is 29.2. The summed E-state index contributed by atoms with van der Waals surface area (Å²) in [6.07, 6.45) is 5.46. The van der Waals surface area contributed by atoms with Crippen LogP contribution in [-0.2, 0) is 11.2 Å². The molecule has 0 heterocycles. The average Bonchev–Trinajstić information content (AvgIpc) is 2.38. The quantitative estimate of drug-likeness (QED) is 0.845. The van der Waals surface area contributed by atoms with E-state index in [1.54, 1.807) is 0 Å². The third-order valence-electron chi connectivity index (χ3n) is 4.45. The van der Waals surface area contributed by atoms with E-state index in [2.05, 4.69) is 17.4 Å². The first-order valence-electron chi connectivity index (χ1n) is 7.23. The molecular weight excluding hydrogens is 258 g/mol. The Hall–Kier alpha value is -1.02. The van der Waals surface area contributed by atoms with Crippen molar-refractivity contribution in [3.05, 3.63) is 35.4 Å². The predicted octanol–water partition coefficient (Wildman–Crippen LogP) is 3.24. The number of carbonyl (C=O) groups is 1. The summed E-state index contributed by atoms with van der Waals surface area (Å²) in [5.41, 5.74) is 2.53. The lowest BCUT2D eigenvalue weighted by molar-refractivity contribution is -0.123. The van der Waals surface area contributed by atoms with Gasteiger partial charge in [0.2, 0.25) is 5.91 Å². The Labute approximate surface area is 119 Å². The molecule has 3 unspecified atom stereocenters. The second kappa shape index (κ2) is 5.54. The minimum atomic E-state index is 0.0755. The topological polar surface area (TPSA) is 29.1 Å². The molecular formula is C16H20ClNO. The Kier molecular flexibility index (Phi) is 3.79. The number of amides is 1. The fourth-order valence-electron chi connectivity index (χ4n) is 3.27. The number of hydrogen-bond donors (Lipinski definition) is 1. The number of carbonyl (C=O) groups excluding carboxylic acids is 1. The van der Waals surface area contributed by atoms with Gasteiger partial charge in [0.05, 0.1) is 5.92 Å². The highest BCUT2D eigenvalue weighted by Gasteiger charge is 2.32. The Morgan fingerprint density at radius 3 is 2.95 bits per heavy atom. The molecule has 2 nitrogen and oxygen atoms in total. The third kappa shape index (κ3) is 2.79. The number of fused-ring (bicyclic) bond motifs is 1. The standard InChI is InChI=1S/C16H20ClNO/c17-13-6-3-4-11(8-13)10-18-16(19)15-9-12-5-1-2-7-14(12)15/h1-2,5,7,11,13,15H,3-4,6,8-10H2,(H,18,19). The van der Waals surface area contributed by atoms with Gasteiger partial charge < -0.3 is 5.32 Å². The lowest BCUT2D eigenvalue weighted by Gasteiger charge is -2.30. The van der Waals surface area contributed by atoms with E-state index in [1.165, 1.54) is 24.0 Å². The van der Waals surface area contributed by atoms with Crippen molar-refractivity contribution in [1.82, 2.24) is 5.32 Å². The highest BCUT2D eigenvalue weighted by atomic mass is 35.5. The SMILES string of the molecule is O=C(NCC1CCCC(Cl)C1)C1Cc2ccccc21. The van der Waals surface area contributed by atoms with Crippen LogP contribution in [0.25, 0.3) is 0 Å². The minimum absolute atomic E-state index is 0.0755. The first-order chi connectivity index (χ1) is 9.24. The average molecular weight is 278 g/mol. The van der Waals surface area contributed by atoms with E-state index in [0.717, 1.165) is 25.8 Å². The second-order valence-electron chi connectivity index (χ2n) is 5.83. The molecule has 1 fully saturated rings. The lowest BCUT2D eigenvalue weighted by atomic mass is 9.77. The van der Waals surface area contributed by atoms with Gasteiger partial charge in [0.1, 0.15) is 0 Å². The van der Waals surface area contributed by atoms with E-state index in [9.17, 15) is 4.79 Å². The van der Waals surface area contributed by atoms with Gasteiger partial charge in [-0.25, -0.2) is 0 Å². The summed E-state index contributed by atoms with van der Waals surface area (Å²) in [6, 6.07) is 8.23. The van der Waals surface area contributed by atoms with Crippen LogP contribution in [0.4, 0.5) is 0 Å². The molecule has 1 saturated carbocycles. The molecule has 19 heavy (non-hydrogen) atoms. The van der Waals surface area contributed by atoms with Gasteiger partial charge in [0, 0.05) is 11.9 Å². The van der Waals surface area contributed by atoms with E-state index >= 15 is 0 Å². The Morgan fingerprint density at radius 2 is 2.16 bits per heavy atom. The molecule has 0 aromatic heterocycles. The second-order valence-corrected chi connectivity index (χ2v) is 6.45. The number of rotatable bonds is 3. The number of alkyl halides is 1. The molecule has 3 rings (SSSR count). The van der Waals surface area contributed by atoms with Crippen molar-refractivity contribution in [1.29, 1.82) is 0 Å². The van der Waals surface area contributed by atoms with Gasteiger partial charge in [-0.15, -0.1) is 11.6 Å². The fourth-order valence-corrected chi connectivity index (χ4v) is 3.68. The van der Waals surface area contributed by atoms with Gasteiger partial charge in [0.25, 0.3) is 0 Å². The highest BCUT2D eigenvalue weighted by Crippen LogP contribution is 2.35. The molecule has 0 aliphatic heterocycles. The monoisotopic (exact) mass is 277 g/mol. The van der Waals surface area contributed by atoms with Crippen LogP contribution in [0.5, 0.6) is 0 Å². The van der Waals surface area contributed by atoms with Crippen LogP contribution in [0.1, 0.15) is 42.7 Å². The van der Waals surface area contributed by atoms with Crippen molar-refractivity contribution >= 4 is 17.5 Å². The summed E-state index contributed by atoms with van der Waals surface area (Å²) in [5.74, 6) is 0.831. The zero-order valence-corrected chi connectivity index (χ0v) is 11.8. The maximum absolute atomic E-state index is 12.2. The van der Waals surface area contributed by atoms with Crippen LogP contribution >= 0.6 is 11.6 Å². The molecule has 3 atom stereocenters. The summed E-state index contributed by atoms with van der Waals surface area (Å²) in [5, 5.41) is 3.42. The van der Waals surface area contributed by atoms with Crippen LogP contribution in [0.3, 0.4) is 0 Å². The van der Waals surface area contributed by atoms with Crippen LogP contribution in [0, 0.1) is 5.92 Å². The van der Waals surface area contributed by atoms with E-state index in [1.807, 2.05) is 12.1 Å². The summed E-state index contributed by atoms with van der Waals surface area (Å²) in [4.78, 5) is 12.2. The molecule has 3 heteroatoms. The maximum atomic E-state index is 12.2. The largest absolute Gasteiger partial charge is 0.355 e. The number of hydrogen-bond acceptors (Lipinski definition) is 1. The molecule has 1 amide bonds. The van der Waals surface area contributed by atoms with Gasteiger partial charge >= 0.3 is 0 Å². The Balaban J connectivity index is 1.50. The van der Waals surface area contributed by atoms with Gasteiger partial charge in [-0.1, -0.05) is 30.7 Å².